The number of carbonyl (C=O) groups excluding carboxylic acids is 1. The van der Waals surface area contributed by atoms with E-state index in [0.717, 1.165) is 48.6 Å². The van der Waals surface area contributed by atoms with E-state index >= 15 is 0 Å². The highest BCUT2D eigenvalue weighted by Crippen LogP contribution is 2.36. The van der Waals surface area contributed by atoms with Crippen LogP contribution in [0.25, 0.3) is 6.08 Å². The number of benzene rings is 1. The maximum Gasteiger partial charge on any atom is 0.255 e. The Morgan fingerprint density at radius 2 is 1.97 bits per heavy atom. The highest BCUT2D eigenvalue weighted by Gasteiger charge is 2.25. The van der Waals surface area contributed by atoms with Crippen molar-refractivity contribution in [2.45, 2.75) is 26.2 Å². The molecule has 0 aliphatic carbocycles. The number of rotatable bonds is 4. The van der Waals surface area contributed by atoms with Crippen molar-refractivity contribution >= 4 is 29.7 Å². The number of fused-ring (bicyclic) bond motifs is 1. The van der Waals surface area contributed by atoms with Gasteiger partial charge in [0.1, 0.15) is 6.61 Å². The lowest BCUT2D eigenvalue weighted by Crippen LogP contribution is -2.36. The minimum Gasteiger partial charge on any atom is -0.488 e. The Hall–Kier alpha value is -3.15. The SMILES string of the molecule is C/C=C\c1cc(N2CCOc3cc(C(=O)N4CCCCC4)cnc32)ccc1C=N. The largest absolute Gasteiger partial charge is 0.488 e. The number of aromatic nitrogens is 1. The summed E-state index contributed by atoms with van der Waals surface area (Å²) in [4.78, 5) is 21.4. The topological polar surface area (TPSA) is 69.5 Å². The van der Waals surface area contributed by atoms with E-state index < -0.39 is 0 Å². The molecule has 0 radical (unpaired) electrons. The molecule has 4 rings (SSSR count). The zero-order valence-electron chi connectivity index (χ0n) is 16.7. The standard InChI is InChI=1S/C23H26N4O2/c1-2-6-17-13-20(8-7-18(17)15-24)27-11-12-29-21-14-19(16-25-22(21)27)23(28)26-9-4-3-5-10-26/h2,6-8,13-16,24H,3-5,9-12H2,1H3/b6-2-,24-15?. The monoisotopic (exact) mass is 390 g/mol. The van der Waals surface area contributed by atoms with Gasteiger partial charge < -0.3 is 19.9 Å². The fourth-order valence-corrected chi connectivity index (χ4v) is 3.93. The molecule has 0 bridgehead atoms. The summed E-state index contributed by atoms with van der Waals surface area (Å²) in [5.41, 5.74) is 3.44. The van der Waals surface area contributed by atoms with Crippen LogP contribution in [0.2, 0.25) is 0 Å². The Balaban J connectivity index is 1.64. The normalized spacial score (nSPS) is 16.4. The molecule has 1 aromatic heterocycles. The molecule has 0 saturated carbocycles. The van der Waals surface area contributed by atoms with Crippen LogP contribution >= 0.6 is 0 Å². The van der Waals surface area contributed by atoms with E-state index in [2.05, 4.69) is 16.0 Å². The third kappa shape index (κ3) is 3.88. The Morgan fingerprint density at radius 1 is 1.14 bits per heavy atom. The Kier molecular flexibility index (Phi) is 5.60. The lowest BCUT2D eigenvalue weighted by atomic mass is 10.1. The molecule has 150 valence electrons. The molecule has 0 spiro atoms. The second-order valence-corrected chi connectivity index (χ2v) is 7.36. The van der Waals surface area contributed by atoms with Gasteiger partial charge in [-0.05, 0) is 55.5 Å². The van der Waals surface area contributed by atoms with E-state index in [0.29, 0.717) is 24.5 Å². The van der Waals surface area contributed by atoms with Crippen molar-refractivity contribution in [1.29, 1.82) is 5.41 Å². The van der Waals surface area contributed by atoms with Gasteiger partial charge >= 0.3 is 0 Å². The van der Waals surface area contributed by atoms with Crippen LogP contribution in [0, 0.1) is 5.41 Å². The van der Waals surface area contributed by atoms with E-state index in [-0.39, 0.29) is 5.91 Å². The van der Waals surface area contributed by atoms with Crippen LogP contribution in [0.3, 0.4) is 0 Å². The molecule has 2 aromatic rings. The van der Waals surface area contributed by atoms with Gasteiger partial charge in [0.05, 0.1) is 12.1 Å². The third-order valence-corrected chi connectivity index (χ3v) is 5.44. The smallest absolute Gasteiger partial charge is 0.255 e. The highest BCUT2D eigenvalue weighted by molar-refractivity contribution is 5.95. The number of piperidine rings is 1. The summed E-state index contributed by atoms with van der Waals surface area (Å²) in [6, 6.07) is 7.83. The molecule has 2 aliphatic heterocycles. The minimum absolute atomic E-state index is 0.0337. The zero-order chi connectivity index (χ0) is 20.2. The first-order valence-electron chi connectivity index (χ1n) is 10.2. The van der Waals surface area contributed by atoms with Gasteiger partial charge in [-0.2, -0.15) is 0 Å². The summed E-state index contributed by atoms with van der Waals surface area (Å²) in [5, 5.41) is 7.60. The first kappa shape index (κ1) is 19.2. The number of pyridine rings is 1. The fourth-order valence-electron chi connectivity index (χ4n) is 3.93. The molecule has 3 heterocycles. The maximum atomic E-state index is 12.8. The van der Waals surface area contributed by atoms with E-state index in [1.165, 1.54) is 12.6 Å². The van der Waals surface area contributed by atoms with Crippen LogP contribution in [0.15, 0.2) is 36.5 Å². The predicted molar refractivity (Wildman–Crippen MR) is 116 cm³/mol. The summed E-state index contributed by atoms with van der Waals surface area (Å²) >= 11 is 0. The van der Waals surface area contributed by atoms with Gasteiger partial charge in [0, 0.05) is 31.2 Å². The predicted octanol–water partition coefficient (Wildman–Crippen LogP) is 4.27. The second-order valence-electron chi connectivity index (χ2n) is 7.36. The third-order valence-electron chi connectivity index (χ3n) is 5.44. The van der Waals surface area contributed by atoms with Gasteiger partial charge in [0.25, 0.3) is 5.91 Å². The number of allylic oxidation sites excluding steroid dienone is 1. The molecule has 6 heteroatoms. The molecule has 1 aromatic carbocycles. The van der Waals surface area contributed by atoms with Crippen molar-refractivity contribution in [3.8, 4) is 5.75 Å². The van der Waals surface area contributed by atoms with Gasteiger partial charge in [-0.1, -0.05) is 18.2 Å². The van der Waals surface area contributed by atoms with Crippen LogP contribution in [0.4, 0.5) is 11.5 Å². The van der Waals surface area contributed by atoms with Gasteiger partial charge in [-0.25, -0.2) is 4.98 Å². The summed E-state index contributed by atoms with van der Waals surface area (Å²) in [5.74, 6) is 1.40. The summed E-state index contributed by atoms with van der Waals surface area (Å²) in [7, 11) is 0. The van der Waals surface area contributed by atoms with Crippen molar-refractivity contribution in [3.63, 3.8) is 0 Å². The zero-order valence-corrected chi connectivity index (χ0v) is 16.7. The molecule has 0 atom stereocenters. The highest BCUT2D eigenvalue weighted by atomic mass is 16.5. The maximum absolute atomic E-state index is 12.8. The van der Waals surface area contributed by atoms with Crippen molar-refractivity contribution in [2.75, 3.05) is 31.1 Å². The quantitative estimate of drug-likeness (QED) is 0.792. The number of hydrogen-bond donors (Lipinski definition) is 1. The molecule has 1 fully saturated rings. The van der Waals surface area contributed by atoms with Crippen LogP contribution in [-0.4, -0.2) is 48.2 Å². The molecule has 1 amide bonds. The number of amides is 1. The van der Waals surface area contributed by atoms with Gasteiger partial charge in [-0.15, -0.1) is 0 Å². The molecule has 1 N–H and O–H groups in total. The molecule has 1 saturated heterocycles. The van der Waals surface area contributed by atoms with E-state index in [9.17, 15) is 4.79 Å². The average Bonchev–Trinajstić information content (AvgIpc) is 2.78. The number of hydrogen-bond acceptors (Lipinski definition) is 5. The lowest BCUT2D eigenvalue weighted by molar-refractivity contribution is 0.0723. The molecule has 0 unspecified atom stereocenters. The fraction of sp³-hybridized carbons (Fsp3) is 0.348. The Bertz CT molecular complexity index is 948. The number of ether oxygens (including phenoxy) is 1. The van der Waals surface area contributed by atoms with E-state index in [4.69, 9.17) is 10.1 Å². The lowest BCUT2D eigenvalue weighted by Gasteiger charge is -2.31. The summed E-state index contributed by atoms with van der Waals surface area (Å²) in [6.45, 7) is 4.80. The molecule has 6 nitrogen and oxygen atoms in total. The molecule has 29 heavy (non-hydrogen) atoms. The van der Waals surface area contributed by atoms with Crippen LogP contribution in [-0.2, 0) is 0 Å². The van der Waals surface area contributed by atoms with E-state index in [1.54, 1.807) is 6.20 Å². The first-order chi connectivity index (χ1) is 14.2. The number of anilines is 2. The summed E-state index contributed by atoms with van der Waals surface area (Å²) in [6.07, 6.45) is 10.3. The Labute approximate surface area is 171 Å². The van der Waals surface area contributed by atoms with Crippen LogP contribution in [0.1, 0.15) is 47.7 Å². The van der Waals surface area contributed by atoms with Gasteiger partial charge in [0.15, 0.2) is 11.6 Å². The van der Waals surface area contributed by atoms with Gasteiger partial charge in [-0.3, -0.25) is 4.79 Å². The van der Waals surface area contributed by atoms with Gasteiger partial charge in [0.2, 0.25) is 0 Å². The van der Waals surface area contributed by atoms with Crippen molar-refractivity contribution in [3.05, 3.63) is 53.2 Å². The molecular formula is C23H26N4O2. The molecule has 2 aliphatic rings. The average molecular weight is 390 g/mol. The number of likely N-dealkylation sites (tertiary alicyclic amines) is 1. The molecular weight excluding hydrogens is 364 g/mol. The number of nitrogens with zero attached hydrogens (tertiary/aromatic N) is 3. The van der Waals surface area contributed by atoms with Crippen molar-refractivity contribution < 1.29 is 9.53 Å². The second kappa shape index (κ2) is 8.47. The number of carbonyl (C=O) groups is 1. The first-order valence-corrected chi connectivity index (χ1v) is 10.2. The van der Waals surface area contributed by atoms with Crippen molar-refractivity contribution in [2.24, 2.45) is 0 Å². The van der Waals surface area contributed by atoms with E-state index in [1.807, 2.05) is 42.2 Å². The van der Waals surface area contributed by atoms with Crippen molar-refractivity contribution in [1.82, 2.24) is 9.88 Å². The Morgan fingerprint density at radius 3 is 2.72 bits per heavy atom. The van der Waals surface area contributed by atoms with Crippen LogP contribution < -0.4 is 9.64 Å². The number of nitrogens with one attached hydrogen (secondary N) is 1. The minimum atomic E-state index is 0.0337. The summed E-state index contributed by atoms with van der Waals surface area (Å²) < 4.78 is 5.85. The van der Waals surface area contributed by atoms with Crippen LogP contribution in [0.5, 0.6) is 5.75 Å².